The molecule has 1 unspecified atom stereocenters. The molecule has 1 fully saturated rings. The zero-order valence-corrected chi connectivity index (χ0v) is 8.89. The van der Waals surface area contributed by atoms with Crippen LogP contribution in [-0.2, 0) is 4.74 Å². The van der Waals surface area contributed by atoms with Crippen LogP contribution in [0.15, 0.2) is 12.5 Å². The molecule has 0 bridgehead atoms. The van der Waals surface area contributed by atoms with Crippen molar-refractivity contribution in [1.82, 2.24) is 9.97 Å². The molecule has 0 spiro atoms. The van der Waals surface area contributed by atoms with E-state index in [1.807, 2.05) is 11.9 Å². The molecule has 1 aliphatic heterocycles. The van der Waals surface area contributed by atoms with Crippen molar-refractivity contribution in [1.29, 1.82) is 0 Å². The van der Waals surface area contributed by atoms with E-state index in [9.17, 15) is 0 Å². The molecule has 0 amide bonds. The molecule has 0 saturated carbocycles. The van der Waals surface area contributed by atoms with E-state index in [0.29, 0.717) is 11.8 Å². The number of anilines is 2. The van der Waals surface area contributed by atoms with Gasteiger partial charge in [0.15, 0.2) is 5.82 Å². The molecule has 0 aliphatic carbocycles. The lowest BCUT2D eigenvalue weighted by molar-refractivity contribution is 0.116. The number of hydrogen-bond acceptors (Lipinski definition) is 5. The lowest BCUT2D eigenvalue weighted by Gasteiger charge is -2.22. The molecule has 5 heteroatoms. The lowest BCUT2D eigenvalue weighted by atomic mass is 10.2. The maximum Gasteiger partial charge on any atom is 0.155 e. The number of nitrogen functional groups attached to an aromatic ring is 1. The third-order valence-corrected chi connectivity index (χ3v) is 2.58. The van der Waals surface area contributed by atoms with Gasteiger partial charge in [-0.05, 0) is 12.8 Å². The van der Waals surface area contributed by atoms with Gasteiger partial charge in [0.25, 0.3) is 0 Å². The number of hydrogen-bond donors (Lipinski definition) is 1. The van der Waals surface area contributed by atoms with Crippen LogP contribution in [0, 0.1) is 0 Å². The SMILES string of the molecule is CN(CC1CCCO1)c1ncncc1N. The zero-order chi connectivity index (χ0) is 10.7. The normalized spacial score (nSPS) is 20.5. The Hall–Kier alpha value is -1.36. The first-order valence-corrected chi connectivity index (χ1v) is 5.15. The van der Waals surface area contributed by atoms with Gasteiger partial charge in [0.1, 0.15) is 6.33 Å². The Morgan fingerprint density at radius 3 is 3.20 bits per heavy atom. The van der Waals surface area contributed by atoms with Crippen molar-refractivity contribution in [2.45, 2.75) is 18.9 Å². The van der Waals surface area contributed by atoms with Crippen molar-refractivity contribution >= 4 is 11.5 Å². The minimum absolute atomic E-state index is 0.310. The first-order valence-electron chi connectivity index (χ1n) is 5.15. The second kappa shape index (κ2) is 4.44. The Kier molecular flexibility index (Phi) is 3.01. The van der Waals surface area contributed by atoms with E-state index in [2.05, 4.69) is 9.97 Å². The second-order valence-corrected chi connectivity index (χ2v) is 3.82. The second-order valence-electron chi connectivity index (χ2n) is 3.82. The van der Waals surface area contributed by atoms with Crippen LogP contribution in [-0.4, -0.2) is 36.3 Å². The summed E-state index contributed by atoms with van der Waals surface area (Å²) >= 11 is 0. The van der Waals surface area contributed by atoms with Gasteiger partial charge in [-0.2, -0.15) is 0 Å². The van der Waals surface area contributed by atoms with Crippen molar-refractivity contribution in [3.63, 3.8) is 0 Å². The molecule has 82 valence electrons. The van der Waals surface area contributed by atoms with Gasteiger partial charge in [-0.15, -0.1) is 0 Å². The molecule has 2 N–H and O–H groups in total. The number of ether oxygens (including phenoxy) is 1. The number of nitrogens with zero attached hydrogens (tertiary/aromatic N) is 3. The van der Waals surface area contributed by atoms with Crippen molar-refractivity contribution in [3.8, 4) is 0 Å². The van der Waals surface area contributed by atoms with Gasteiger partial charge >= 0.3 is 0 Å². The summed E-state index contributed by atoms with van der Waals surface area (Å²) in [4.78, 5) is 10.0. The van der Waals surface area contributed by atoms with Crippen molar-refractivity contribution in [3.05, 3.63) is 12.5 Å². The molecule has 0 aromatic carbocycles. The van der Waals surface area contributed by atoms with Gasteiger partial charge in [0.05, 0.1) is 18.0 Å². The van der Waals surface area contributed by atoms with Gasteiger partial charge in [-0.1, -0.05) is 0 Å². The van der Waals surface area contributed by atoms with Crippen LogP contribution in [0.3, 0.4) is 0 Å². The first-order chi connectivity index (χ1) is 7.27. The van der Waals surface area contributed by atoms with E-state index in [0.717, 1.165) is 31.8 Å². The van der Waals surface area contributed by atoms with Gasteiger partial charge in [0, 0.05) is 20.2 Å². The average Bonchev–Trinajstić information content (AvgIpc) is 2.71. The van der Waals surface area contributed by atoms with Crippen LogP contribution in [0.1, 0.15) is 12.8 Å². The Balaban J connectivity index is 2.00. The molecule has 1 saturated heterocycles. The number of nitrogens with two attached hydrogens (primary N) is 1. The highest BCUT2D eigenvalue weighted by Gasteiger charge is 2.18. The maximum absolute atomic E-state index is 5.79. The molecule has 15 heavy (non-hydrogen) atoms. The van der Waals surface area contributed by atoms with Crippen molar-refractivity contribution in [2.75, 3.05) is 30.8 Å². The third-order valence-electron chi connectivity index (χ3n) is 2.58. The fraction of sp³-hybridized carbons (Fsp3) is 0.600. The van der Waals surface area contributed by atoms with E-state index < -0.39 is 0 Å². The molecule has 5 nitrogen and oxygen atoms in total. The molecule has 1 aromatic rings. The molecule has 1 aliphatic rings. The molecule has 1 aromatic heterocycles. The van der Waals surface area contributed by atoms with Crippen LogP contribution in [0.2, 0.25) is 0 Å². The molecule has 2 heterocycles. The fourth-order valence-corrected chi connectivity index (χ4v) is 1.83. The Bertz CT molecular complexity index is 325. The van der Waals surface area contributed by atoms with E-state index >= 15 is 0 Å². The van der Waals surface area contributed by atoms with E-state index in [1.54, 1.807) is 6.20 Å². The molecular weight excluding hydrogens is 192 g/mol. The smallest absolute Gasteiger partial charge is 0.155 e. The average molecular weight is 208 g/mol. The summed E-state index contributed by atoms with van der Waals surface area (Å²) in [6, 6.07) is 0. The van der Waals surface area contributed by atoms with Crippen LogP contribution in [0.5, 0.6) is 0 Å². The Morgan fingerprint density at radius 1 is 1.67 bits per heavy atom. The first kappa shape index (κ1) is 10.2. The van der Waals surface area contributed by atoms with Gasteiger partial charge < -0.3 is 15.4 Å². The number of rotatable bonds is 3. The van der Waals surface area contributed by atoms with Crippen molar-refractivity contribution in [2.24, 2.45) is 0 Å². The van der Waals surface area contributed by atoms with Crippen LogP contribution >= 0.6 is 0 Å². The van der Waals surface area contributed by atoms with Crippen LogP contribution < -0.4 is 10.6 Å². The molecule has 2 rings (SSSR count). The minimum atomic E-state index is 0.310. The summed E-state index contributed by atoms with van der Waals surface area (Å²) in [7, 11) is 1.97. The maximum atomic E-state index is 5.79. The predicted octanol–water partition coefficient (Wildman–Crippen LogP) is 0.674. The predicted molar refractivity (Wildman–Crippen MR) is 58.7 cm³/mol. The highest BCUT2D eigenvalue weighted by Crippen LogP contribution is 2.19. The topological polar surface area (TPSA) is 64.3 Å². The lowest BCUT2D eigenvalue weighted by Crippen LogP contribution is -2.29. The highest BCUT2D eigenvalue weighted by atomic mass is 16.5. The summed E-state index contributed by atoms with van der Waals surface area (Å²) in [6.45, 7) is 1.71. The Morgan fingerprint density at radius 2 is 2.53 bits per heavy atom. The third kappa shape index (κ3) is 2.36. The van der Waals surface area contributed by atoms with E-state index in [1.165, 1.54) is 6.33 Å². The minimum Gasteiger partial charge on any atom is -0.394 e. The largest absolute Gasteiger partial charge is 0.394 e. The van der Waals surface area contributed by atoms with Gasteiger partial charge in [0.2, 0.25) is 0 Å². The Labute approximate surface area is 89.3 Å². The summed E-state index contributed by atoms with van der Waals surface area (Å²) in [5, 5.41) is 0. The van der Waals surface area contributed by atoms with Gasteiger partial charge in [-0.25, -0.2) is 9.97 Å². The van der Waals surface area contributed by atoms with Crippen molar-refractivity contribution < 1.29 is 4.74 Å². The van der Waals surface area contributed by atoms with Crippen LogP contribution in [0.4, 0.5) is 11.5 Å². The van der Waals surface area contributed by atoms with Gasteiger partial charge in [-0.3, -0.25) is 0 Å². The fourth-order valence-electron chi connectivity index (χ4n) is 1.83. The van der Waals surface area contributed by atoms with E-state index in [4.69, 9.17) is 10.5 Å². The molecule has 1 atom stereocenters. The standard InChI is InChI=1S/C10H16N4O/c1-14(6-8-3-2-4-15-8)10-9(11)5-12-7-13-10/h5,7-8H,2-4,6,11H2,1H3. The summed E-state index contributed by atoms with van der Waals surface area (Å²) in [5.41, 5.74) is 6.40. The van der Waals surface area contributed by atoms with Crippen LogP contribution in [0.25, 0.3) is 0 Å². The summed E-state index contributed by atoms with van der Waals surface area (Å²) in [5.74, 6) is 0.778. The summed E-state index contributed by atoms with van der Waals surface area (Å²) < 4.78 is 5.56. The number of likely N-dealkylation sites (N-methyl/N-ethyl adjacent to an activating group) is 1. The quantitative estimate of drug-likeness (QED) is 0.791. The monoisotopic (exact) mass is 208 g/mol. The van der Waals surface area contributed by atoms with E-state index in [-0.39, 0.29) is 0 Å². The molecule has 0 radical (unpaired) electrons. The number of aromatic nitrogens is 2. The molecular formula is C10H16N4O. The highest BCUT2D eigenvalue weighted by molar-refractivity contribution is 5.60. The zero-order valence-electron chi connectivity index (χ0n) is 8.89. The summed E-state index contributed by atoms with van der Waals surface area (Å²) in [6.07, 6.45) is 5.71.